The van der Waals surface area contributed by atoms with Crippen molar-refractivity contribution < 1.29 is 0 Å². The highest BCUT2D eigenvalue weighted by molar-refractivity contribution is 7.09. The second-order valence-corrected chi connectivity index (χ2v) is 7.43. The smallest absolute Gasteiger partial charge is 0.191 e. The van der Waals surface area contributed by atoms with Crippen molar-refractivity contribution in [2.24, 2.45) is 10.9 Å². The first-order valence-corrected chi connectivity index (χ1v) is 9.41. The summed E-state index contributed by atoms with van der Waals surface area (Å²) in [7, 11) is 1.84. The molecule has 0 spiro atoms. The molecular weight excluding hydrogens is 292 g/mol. The fourth-order valence-electron chi connectivity index (χ4n) is 3.02. The van der Waals surface area contributed by atoms with Gasteiger partial charge in [-0.05, 0) is 18.8 Å². The third kappa shape index (κ3) is 4.97. The maximum absolute atomic E-state index is 4.66. The molecule has 1 saturated carbocycles. The number of hydrogen-bond acceptors (Lipinski definition) is 3. The van der Waals surface area contributed by atoms with Gasteiger partial charge in [-0.1, -0.05) is 40.0 Å². The second kappa shape index (κ2) is 8.51. The second-order valence-electron chi connectivity index (χ2n) is 6.54. The normalized spacial score (nSPS) is 22.9. The van der Waals surface area contributed by atoms with Crippen LogP contribution in [0.2, 0.25) is 0 Å². The van der Waals surface area contributed by atoms with Gasteiger partial charge in [-0.15, -0.1) is 11.3 Å². The number of nitrogens with one attached hydrogen (secondary N) is 2. The molecule has 1 aliphatic rings. The summed E-state index contributed by atoms with van der Waals surface area (Å²) in [6, 6.07) is 0.562. The monoisotopic (exact) mass is 322 g/mol. The summed E-state index contributed by atoms with van der Waals surface area (Å²) in [5, 5.41) is 10.3. The molecule has 2 N–H and O–H groups in total. The summed E-state index contributed by atoms with van der Waals surface area (Å²) in [6.45, 7) is 7.41. The Balaban J connectivity index is 1.81. The van der Waals surface area contributed by atoms with Crippen molar-refractivity contribution in [3.8, 4) is 0 Å². The molecule has 1 fully saturated rings. The molecule has 2 rings (SSSR count). The van der Waals surface area contributed by atoms with Crippen LogP contribution >= 0.6 is 11.3 Å². The lowest BCUT2D eigenvalue weighted by Crippen LogP contribution is -2.45. The summed E-state index contributed by atoms with van der Waals surface area (Å²) in [6.07, 6.45) is 6.53. The van der Waals surface area contributed by atoms with Gasteiger partial charge in [0, 0.05) is 24.4 Å². The molecule has 1 heterocycles. The Hall–Kier alpha value is -1.10. The number of hydrogen-bond donors (Lipinski definition) is 2. The van der Waals surface area contributed by atoms with Crippen molar-refractivity contribution in [1.29, 1.82) is 0 Å². The summed E-state index contributed by atoms with van der Waals surface area (Å²) < 4.78 is 0. The van der Waals surface area contributed by atoms with Gasteiger partial charge in [-0.25, -0.2) is 4.98 Å². The highest BCUT2D eigenvalue weighted by Gasteiger charge is 2.21. The van der Waals surface area contributed by atoms with Gasteiger partial charge in [0.1, 0.15) is 0 Å². The zero-order valence-corrected chi connectivity index (χ0v) is 15.2. The molecule has 0 bridgehead atoms. The molecule has 1 aromatic rings. The van der Waals surface area contributed by atoms with E-state index >= 15 is 0 Å². The lowest BCUT2D eigenvalue weighted by atomic mass is 9.84. The van der Waals surface area contributed by atoms with E-state index in [-0.39, 0.29) is 0 Å². The van der Waals surface area contributed by atoms with Gasteiger partial charge in [-0.2, -0.15) is 0 Å². The van der Waals surface area contributed by atoms with E-state index in [1.807, 2.05) is 7.05 Å². The number of guanidine groups is 1. The lowest BCUT2D eigenvalue weighted by Gasteiger charge is -2.30. The SMILES string of the molecule is CCC1CCCC(NC(=NC)NCc2csc(C(C)C)n2)C1. The molecule has 4 nitrogen and oxygen atoms in total. The largest absolute Gasteiger partial charge is 0.354 e. The Morgan fingerprint density at radius 2 is 2.27 bits per heavy atom. The average Bonchev–Trinajstić information content (AvgIpc) is 3.01. The van der Waals surface area contributed by atoms with Crippen molar-refractivity contribution in [2.75, 3.05) is 7.05 Å². The molecule has 1 aliphatic carbocycles. The van der Waals surface area contributed by atoms with Crippen molar-refractivity contribution in [3.63, 3.8) is 0 Å². The van der Waals surface area contributed by atoms with E-state index in [1.54, 1.807) is 11.3 Å². The number of aliphatic imine (C=N–C) groups is 1. The average molecular weight is 323 g/mol. The van der Waals surface area contributed by atoms with Crippen molar-refractivity contribution in [2.45, 2.75) is 71.4 Å². The van der Waals surface area contributed by atoms with E-state index in [0.29, 0.717) is 12.0 Å². The quantitative estimate of drug-likeness (QED) is 0.638. The molecule has 0 radical (unpaired) electrons. The van der Waals surface area contributed by atoms with Crippen LogP contribution in [-0.4, -0.2) is 24.0 Å². The first kappa shape index (κ1) is 17.3. The molecule has 0 saturated heterocycles. The molecule has 124 valence electrons. The van der Waals surface area contributed by atoms with Gasteiger partial charge in [0.05, 0.1) is 17.2 Å². The van der Waals surface area contributed by atoms with Crippen LogP contribution in [0.1, 0.15) is 69.5 Å². The van der Waals surface area contributed by atoms with Crippen LogP contribution in [0.15, 0.2) is 10.4 Å². The van der Waals surface area contributed by atoms with Crippen molar-refractivity contribution >= 4 is 17.3 Å². The Morgan fingerprint density at radius 1 is 1.45 bits per heavy atom. The predicted molar refractivity (Wildman–Crippen MR) is 95.6 cm³/mol. The molecule has 0 aliphatic heterocycles. The van der Waals surface area contributed by atoms with E-state index in [9.17, 15) is 0 Å². The van der Waals surface area contributed by atoms with Gasteiger partial charge in [-0.3, -0.25) is 4.99 Å². The number of aromatic nitrogens is 1. The van der Waals surface area contributed by atoms with Crippen LogP contribution in [0.5, 0.6) is 0 Å². The van der Waals surface area contributed by atoms with E-state index < -0.39 is 0 Å². The number of nitrogens with zero attached hydrogens (tertiary/aromatic N) is 2. The van der Waals surface area contributed by atoms with E-state index in [2.05, 4.69) is 46.8 Å². The van der Waals surface area contributed by atoms with Crippen LogP contribution in [0.4, 0.5) is 0 Å². The first-order valence-electron chi connectivity index (χ1n) is 8.53. The summed E-state index contributed by atoms with van der Waals surface area (Å²) >= 11 is 1.74. The number of thiazole rings is 1. The molecule has 2 unspecified atom stereocenters. The highest BCUT2D eigenvalue weighted by atomic mass is 32.1. The minimum absolute atomic E-state index is 0.504. The minimum Gasteiger partial charge on any atom is -0.354 e. The van der Waals surface area contributed by atoms with Gasteiger partial charge < -0.3 is 10.6 Å². The molecule has 1 aromatic heterocycles. The first-order chi connectivity index (χ1) is 10.6. The van der Waals surface area contributed by atoms with E-state index in [4.69, 9.17) is 0 Å². The van der Waals surface area contributed by atoms with Crippen LogP contribution in [-0.2, 0) is 6.54 Å². The van der Waals surface area contributed by atoms with E-state index in [1.165, 1.54) is 37.1 Å². The van der Waals surface area contributed by atoms with E-state index in [0.717, 1.165) is 24.1 Å². The molecule has 0 amide bonds. The summed E-state index contributed by atoms with van der Waals surface area (Å²) in [5.41, 5.74) is 1.10. The van der Waals surface area contributed by atoms with Gasteiger partial charge in [0.15, 0.2) is 5.96 Å². The van der Waals surface area contributed by atoms with Crippen LogP contribution < -0.4 is 10.6 Å². The molecule has 5 heteroatoms. The highest BCUT2D eigenvalue weighted by Crippen LogP contribution is 2.26. The van der Waals surface area contributed by atoms with Gasteiger partial charge in [0.2, 0.25) is 0 Å². The van der Waals surface area contributed by atoms with Crippen LogP contribution in [0.25, 0.3) is 0 Å². The van der Waals surface area contributed by atoms with Crippen LogP contribution in [0.3, 0.4) is 0 Å². The molecule has 22 heavy (non-hydrogen) atoms. The molecular formula is C17H30N4S. The maximum Gasteiger partial charge on any atom is 0.191 e. The van der Waals surface area contributed by atoms with Crippen molar-refractivity contribution in [3.05, 3.63) is 16.1 Å². The summed E-state index contributed by atoms with van der Waals surface area (Å²) in [4.78, 5) is 9.02. The Kier molecular flexibility index (Phi) is 6.68. The van der Waals surface area contributed by atoms with Crippen LogP contribution in [0, 0.1) is 5.92 Å². The fourth-order valence-corrected chi connectivity index (χ4v) is 3.86. The third-order valence-electron chi connectivity index (χ3n) is 4.42. The minimum atomic E-state index is 0.504. The zero-order valence-electron chi connectivity index (χ0n) is 14.4. The Bertz CT molecular complexity index is 481. The summed E-state index contributed by atoms with van der Waals surface area (Å²) in [5.74, 6) is 2.28. The van der Waals surface area contributed by atoms with Gasteiger partial charge >= 0.3 is 0 Å². The number of rotatable bonds is 5. The Morgan fingerprint density at radius 3 is 2.91 bits per heavy atom. The fraction of sp³-hybridized carbons (Fsp3) is 0.765. The topological polar surface area (TPSA) is 49.3 Å². The Labute approximate surface area is 138 Å². The lowest BCUT2D eigenvalue weighted by molar-refractivity contribution is 0.298. The van der Waals surface area contributed by atoms with Crippen molar-refractivity contribution in [1.82, 2.24) is 15.6 Å². The molecule has 2 atom stereocenters. The predicted octanol–water partition coefficient (Wildman–Crippen LogP) is 3.90. The maximum atomic E-state index is 4.66. The standard InChI is InChI=1S/C17H30N4S/c1-5-13-7-6-8-14(9-13)21-17(18-4)19-10-15-11-22-16(20-15)12(2)3/h11-14H,5-10H2,1-4H3,(H2,18,19,21). The van der Waals surface area contributed by atoms with Gasteiger partial charge in [0.25, 0.3) is 0 Å². The molecule has 0 aromatic carbocycles. The third-order valence-corrected chi connectivity index (χ3v) is 5.62. The zero-order chi connectivity index (χ0) is 15.9.